The molecule has 2 bridgehead atoms. The van der Waals surface area contributed by atoms with E-state index >= 15 is 0 Å². The second-order valence-electron chi connectivity index (χ2n) is 6.20. The Balaban J connectivity index is 1.94. The van der Waals surface area contributed by atoms with E-state index in [2.05, 4.69) is 18.7 Å². The Morgan fingerprint density at radius 3 is 2.56 bits per heavy atom. The molecular formula is C15H18FNO. The van der Waals surface area contributed by atoms with E-state index in [1.807, 2.05) is 12.1 Å². The number of fused-ring (bicyclic) bond motifs is 3. The van der Waals surface area contributed by atoms with E-state index in [4.69, 9.17) is 0 Å². The smallest absolute Gasteiger partial charge is 0.139 e. The van der Waals surface area contributed by atoms with Crippen molar-refractivity contribution in [2.45, 2.75) is 32.7 Å². The van der Waals surface area contributed by atoms with E-state index in [1.54, 1.807) is 0 Å². The van der Waals surface area contributed by atoms with Crippen molar-refractivity contribution in [1.82, 2.24) is 0 Å². The average Bonchev–Trinajstić information content (AvgIpc) is 2.31. The Morgan fingerprint density at radius 1 is 1.28 bits per heavy atom. The maximum absolute atomic E-state index is 13.0. The van der Waals surface area contributed by atoms with Gasteiger partial charge in [0.2, 0.25) is 0 Å². The summed E-state index contributed by atoms with van der Waals surface area (Å²) >= 11 is 0. The molecular weight excluding hydrogens is 229 g/mol. The first-order valence-electron chi connectivity index (χ1n) is 6.52. The second-order valence-corrected chi connectivity index (χ2v) is 6.20. The average molecular weight is 247 g/mol. The van der Waals surface area contributed by atoms with E-state index in [0.717, 1.165) is 18.7 Å². The summed E-state index contributed by atoms with van der Waals surface area (Å²) in [6.07, 6.45) is 1.61. The van der Waals surface area contributed by atoms with Gasteiger partial charge in [-0.1, -0.05) is 13.8 Å². The summed E-state index contributed by atoms with van der Waals surface area (Å²) in [5, 5.41) is 0. The van der Waals surface area contributed by atoms with E-state index < -0.39 is 0 Å². The molecule has 0 unspecified atom stereocenters. The molecule has 2 aliphatic heterocycles. The van der Waals surface area contributed by atoms with E-state index in [0.29, 0.717) is 12.2 Å². The van der Waals surface area contributed by atoms with Crippen LogP contribution in [0.3, 0.4) is 0 Å². The van der Waals surface area contributed by atoms with Crippen molar-refractivity contribution >= 4 is 11.5 Å². The minimum absolute atomic E-state index is 0.148. The summed E-state index contributed by atoms with van der Waals surface area (Å²) in [5.74, 6) is 0.337. The van der Waals surface area contributed by atoms with Gasteiger partial charge in [-0.25, -0.2) is 4.39 Å². The molecule has 0 aromatic heterocycles. The third kappa shape index (κ3) is 1.73. The van der Waals surface area contributed by atoms with Crippen LogP contribution >= 0.6 is 0 Å². The normalized spacial score (nSPS) is 29.7. The number of carbonyl (C=O) groups excluding carboxylic acids is 1. The fraction of sp³-hybridized carbons (Fsp3) is 0.533. The Kier molecular flexibility index (Phi) is 2.47. The summed E-state index contributed by atoms with van der Waals surface area (Å²) in [5.41, 5.74) is 1.19. The SMILES string of the molecule is CC1(C)C[C@H]2CN(c3ccc(F)cc3)[C@@H]1CC2=O. The number of benzene rings is 1. The van der Waals surface area contributed by atoms with Gasteiger partial charge in [-0.05, 0) is 36.1 Å². The molecule has 3 fully saturated rings. The van der Waals surface area contributed by atoms with Crippen molar-refractivity contribution < 1.29 is 9.18 Å². The van der Waals surface area contributed by atoms with E-state index in [-0.39, 0.29) is 23.2 Å². The highest BCUT2D eigenvalue weighted by atomic mass is 19.1. The molecule has 2 heterocycles. The number of hydrogen-bond donors (Lipinski definition) is 0. The molecule has 4 rings (SSSR count). The molecule has 1 aliphatic carbocycles. The Bertz CT molecular complexity index is 480. The minimum atomic E-state index is -0.212. The number of rotatable bonds is 1. The Hall–Kier alpha value is -1.38. The first-order chi connectivity index (χ1) is 8.47. The van der Waals surface area contributed by atoms with Gasteiger partial charge in [-0.3, -0.25) is 4.79 Å². The van der Waals surface area contributed by atoms with Crippen LogP contribution in [0.15, 0.2) is 24.3 Å². The zero-order chi connectivity index (χ0) is 12.9. The van der Waals surface area contributed by atoms with Crippen LogP contribution in [0.5, 0.6) is 0 Å². The molecule has 1 saturated carbocycles. The maximum atomic E-state index is 13.0. The number of ketones is 1. The van der Waals surface area contributed by atoms with Crippen LogP contribution in [0.25, 0.3) is 0 Å². The summed E-state index contributed by atoms with van der Waals surface area (Å²) in [6.45, 7) is 5.25. The van der Waals surface area contributed by atoms with Gasteiger partial charge in [0, 0.05) is 30.6 Å². The predicted octanol–water partition coefficient (Wildman–Crippen LogP) is 3.02. The molecule has 1 aromatic rings. The molecule has 2 atom stereocenters. The lowest BCUT2D eigenvalue weighted by Gasteiger charge is -2.54. The molecule has 2 saturated heterocycles. The number of carbonyl (C=O) groups is 1. The number of nitrogens with zero attached hydrogens (tertiary/aromatic N) is 1. The molecule has 0 spiro atoms. The topological polar surface area (TPSA) is 20.3 Å². The monoisotopic (exact) mass is 247 g/mol. The number of piperidine rings is 2. The van der Waals surface area contributed by atoms with Crippen LogP contribution in [-0.4, -0.2) is 18.4 Å². The number of Topliss-reactive ketones (excluding diaryl/α,β-unsaturated/α-hetero) is 1. The first kappa shape index (κ1) is 11.7. The lowest BCUT2D eigenvalue weighted by atomic mass is 9.64. The van der Waals surface area contributed by atoms with Crippen molar-refractivity contribution in [3.63, 3.8) is 0 Å². The summed E-state index contributed by atoms with van der Waals surface area (Å²) in [7, 11) is 0. The number of halogens is 1. The van der Waals surface area contributed by atoms with Gasteiger partial charge < -0.3 is 4.90 Å². The fourth-order valence-corrected chi connectivity index (χ4v) is 3.50. The van der Waals surface area contributed by atoms with Gasteiger partial charge in [0.05, 0.1) is 0 Å². The van der Waals surface area contributed by atoms with Gasteiger partial charge in [0.15, 0.2) is 0 Å². The largest absolute Gasteiger partial charge is 0.367 e. The van der Waals surface area contributed by atoms with Crippen molar-refractivity contribution in [3.8, 4) is 0 Å². The fourth-order valence-electron chi connectivity index (χ4n) is 3.50. The summed E-state index contributed by atoms with van der Waals surface area (Å²) in [4.78, 5) is 14.2. The lowest BCUT2D eigenvalue weighted by molar-refractivity contribution is -0.130. The van der Waals surface area contributed by atoms with Crippen molar-refractivity contribution in [3.05, 3.63) is 30.1 Å². The van der Waals surface area contributed by atoms with Crippen LogP contribution in [0.2, 0.25) is 0 Å². The maximum Gasteiger partial charge on any atom is 0.139 e. The molecule has 96 valence electrons. The zero-order valence-corrected chi connectivity index (χ0v) is 10.8. The molecule has 0 radical (unpaired) electrons. The Labute approximate surface area is 107 Å². The molecule has 18 heavy (non-hydrogen) atoms. The molecule has 1 aromatic carbocycles. The van der Waals surface area contributed by atoms with Gasteiger partial charge in [-0.15, -0.1) is 0 Å². The predicted molar refractivity (Wildman–Crippen MR) is 69.0 cm³/mol. The molecule has 3 aliphatic rings. The molecule has 3 heteroatoms. The van der Waals surface area contributed by atoms with Gasteiger partial charge in [0.1, 0.15) is 11.6 Å². The molecule has 0 amide bonds. The van der Waals surface area contributed by atoms with Crippen molar-refractivity contribution in [1.29, 1.82) is 0 Å². The highest BCUT2D eigenvalue weighted by Crippen LogP contribution is 2.46. The third-order valence-corrected chi connectivity index (χ3v) is 4.48. The highest BCUT2D eigenvalue weighted by molar-refractivity contribution is 5.85. The molecule has 0 N–H and O–H groups in total. The summed E-state index contributed by atoms with van der Waals surface area (Å²) < 4.78 is 13.0. The van der Waals surface area contributed by atoms with Crippen LogP contribution in [0.1, 0.15) is 26.7 Å². The van der Waals surface area contributed by atoms with E-state index in [9.17, 15) is 9.18 Å². The standard InChI is InChI=1S/C15H18FNO/c1-15(2)8-10-9-17(14(15)7-13(10)18)12-5-3-11(16)4-6-12/h3-6,10,14H,7-9H2,1-2H3/t10-,14+/m0/s1. The second kappa shape index (κ2) is 3.81. The van der Waals surface area contributed by atoms with Crippen LogP contribution < -0.4 is 4.90 Å². The van der Waals surface area contributed by atoms with Crippen LogP contribution in [0.4, 0.5) is 10.1 Å². The number of anilines is 1. The molecule has 2 nitrogen and oxygen atoms in total. The van der Waals surface area contributed by atoms with Crippen LogP contribution in [0, 0.1) is 17.2 Å². The number of hydrogen-bond acceptors (Lipinski definition) is 2. The van der Waals surface area contributed by atoms with Crippen molar-refractivity contribution in [2.24, 2.45) is 11.3 Å². The quantitative estimate of drug-likeness (QED) is 0.760. The Morgan fingerprint density at radius 2 is 1.94 bits per heavy atom. The third-order valence-electron chi connectivity index (χ3n) is 4.48. The van der Waals surface area contributed by atoms with Gasteiger partial charge in [0.25, 0.3) is 0 Å². The van der Waals surface area contributed by atoms with Gasteiger partial charge >= 0.3 is 0 Å². The zero-order valence-electron chi connectivity index (χ0n) is 10.8. The highest BCUT2D eigenvalue weighted by Gasteiger charge is 2.49. The lowest BCUT2D eigenvalue weighted by Crippen LogP contribution is -2.60. The summed E-state index contributed by atoms with van der Waals surface area (Å²) in [6, 6.07) is 6.87. The minimum Gasteiger partial charge on any atom is -0.367 e. The van der Waals surface area contributed by atoms with Gasteiger partial charge in [-0.2, -0.15) is 0 Å². The van der Waals surface area contributed by atoms with Crippen molar-refractivity contribution in [2.75, 3.05) is 11.4 Å². The van der Waals surface area contributed by atoms with E-state index in [1.165, 1.54) is 12.1 Å². The van der Waals surface area contributed by atoms with Crippen LogP contribution in [-0.2, 0) is 4.79 Å². The first-order valence-corrected chi connectivity index (χ1v) is 6.52.